The van der Waals surface area contributed by atoms with Crippen LogP contribution in [0.5, 0.6) is 0 Å². The summed E-state index contributed by atoms with van der Waals surface area (Å²) in [6, 6.07) is 0.175. The fraction of sp³-hybridized carbons (Fsp3) is 0.500. The molecule has 1 heterocycles. The molecule has 0 aliphatic heterocycles. The number of fused-ring (bicyclic) bond motifs is 1. The van der Waals surface area contributed by atoms with Crippen LogP contribution in [-0.2, 0) is 12.8 Å². The standard InChI is InChI=1S/C8H10ClN3/c1-4-11-7-3-5(10)2-6(7)8(9)12-4/h5H,2-3,10H2,1H3. The van der Waals surface area contributed by atoms with Crippen molar-refractivity contribution in [1.29, 1.82) is 0 Å². The van der Waals surface area contributed by atoms with Gasteiger partial charge in [-0.3, -0.25) is 0 Å². The summed E-state index contributed by atoms with van der Waals surface area (Å²) in [4.78, 5) is 8.37. The molecule has 64 valence electrons. The Labute approximate surface area is 76.0 Å². The molecule has 2 N–H and O–H groups in total. The Hall–Kier alpha value is -0.670. The van der Waals surface area contributed by atoms with Gasteiger partial charge in [-0.2, -0.15) is 0 Å². The van der Waals surface area contributed by atoms with Gasteiger partial charge in [0.2, 0.25) is 0 Å². The van der Waals surface area contributed by atoms with Gasteiger partial charge in [-0.05, 0) is 13.3 Å². The zero-order chi connectivity index (χ0) is 8.72. The van der Waals surface area contributed by atoms with E-state index in [1.165, 1.54) is 0 Å². The van der Waals surface area contributed by atoms with Crippen molar-refractivity contribution in [1.82, 2.24) is 9.97 Å². The van der Waals surface area contributed by atoms with Crippen molar-refractivity contribution in [2.24, 2.45) is 5.73 Å². The van der Waals surface area contributed by atoms with Gasteiger partial charge in [0.05, 0.1) is 5.69 Å². The number of rotatable bonds is 0. The number of nitrogens with two attached hydrogens (primary N) is 1. The van der Waals surface area contributed by atoms with Gasteiger partial charge in [0, 0.05) is 18.0 Å². The maximum absolute atomic E-state index is 5.93. The predicted molar refractivity (Wildman–Crippen MR) is 47.2 cm³/mol. The van der Waals surface area contributed by atoms with Crippen LogP contribution < -0.4 is 5.73 Å². The Morgan fingerprint density at radius 3 is 2.92 bits per heavy atom. The fourth-order valence-corrected chi connectivity index (χ4v) is 1.88. The Morgan fingerprint density at radius 1 is 1.42 bits per heavy atom. The number of aryl methyl sites for hydroxylation is 1. The van der Waals surface area contributed by atoms with Gasteiger partial charge in [-0.15, -0.1) is 0 Å². The first-order valence-electron chi connectivity index (χ1n) is 3.94. The summed E-state index contributed by atoms with van der Waals surface area (Å²) >= 11 is 5.93. The molecule has 1 atom stereocenters. The van der Waals surface area contributed by atoms with Crippen molar-refractivity contribution in [3.8, 4) is 0 Å². The predicted octanol–water partition coefficient (Wildman–Crippen LogP) is 0.864. The summed E-state index contributed by atoms with van der Waals surface area (Å²) in [5.74, 6) is 0.729. The summed E-state index contributed by atoms with van der Waals surface area (Å²) in [5, 5.41) is 0.574. The molecule has 0 amide bonds. The van der Waals surface area contributed by atoms with Crippen LogP contribution in [0.3, 0.4) is 0 Å². The van der Waals surface area contributed by atoms with Crippen LogP contribution in [0, 0.1) is 6.92 Å². The van der Waals surface area contributed by atoms with Crippen LogP contribution >= 0.6 is 11.6 Å². The van der Waals surface area contributed by atoms with Gasteiger partial charge in [0.1, 0.15) is 11.0 Å². The number of aromatic nitrogens is 2. The highest BCUT2D eigenvalue weighted by Gasteiger charge is 2.22. The minimum Gasteiger partial charge on any atom is -0.327 e. The molecular formula is C8H10ClN3. The Kier molecular flexibility index (Phi) is 1.77. The van der Waals surface area contributed by atoms with Gasteiger partial charge < -0.3 is 5.73 Å². The molecule has 1 aliphatic carbocycles. The van der Waals surface area contributed by atoms with E-state index in [9.17, 15) is 0 Å². The maximum Gasteiger partial charge on any atom is 0.136 e. The lowest BCUT2D eigenvalue weighted by Crippen LogP contribution is -2.19. The van der Waals surface area contributed by atoms with Crippen LogP contribution in [0.4, 0.5) is 0 Å². The zero-order valence-corrected chi connectivity index (χ0v) is 7.60. The van der Waals surface area contributed by atoms with Gasteiger partial charge in [-0.1, -0.05) is 11.6 Å². The second-order valence-electron chi connectivity index (χ2n) is 3.16. The van der Waals surface area contributed by atoms with Crippen molar-refractivity contribution < 1.29 is 0 Å². The van der Waals surface area contributed by atoms with Crippen molar-refractivity contribution in [3.63, 3.8) is 0 Å². The molecule has 1 unspecified atom stereocenters. The lowest BCUT2D eigenvalue weighted by Gasteiger charge is -2.00. The van der Waals surface area contributed by atoms with Gasteiger partial charge >= 0.3 is 0 Å². The second kappa shape index (κ2) is 2.68. The molecule has 1 aromatic rings. The molecule has 0 radical (unpaired) electrons. The van der Waals surface area contributed by atoms with E-state index in [2.05, 4.69) is 9.97 Å². The third-order valence-corrected chi connectivity index (χ3v) is 2.39. The van der Waals surface area contributed by atoms with Crippen LogP contribution in [0.25, 0.3) is 0 Å². The fourth-order valence-electron chi connectivity index (χ4n) is 1.57. The highest BCUT2D eigenvalue weighted by Crippen LogP contribution is 2.25. The van der Waals surface area contributed by atoms with Crippen LogP contribution in [0.1, 0.15) is 17.1 Å². The first-order chi connectivity index (χ1) is 5.66. The van der Waals surface area contributed by atoms with Crippen LogP contribution in [-0.4, -0.2) is 16.0 Å². The molecule has 0 bridgehead atoms. The quantitative estimate of drug-likeness (QED) is 0.608. The minimum atomic E-state index is 0.175. The molecule has 4 heteroatoms. The summed E-state index contributed by atoms with van der Waals surface area (Å²) in [7, 11) is 0. The highest BCUT2D eigenvalue weighted by atomic mass is 35.5. The Balaban J connectivity index is 2.52. The molecule has 0 saturated heterocycles. The number of hydrogen-bond donors (Lipinski definition) is 1. The third kappa shape index (κ3) is 1.19. The molecule has 1 aliphatic rings. The molecular weight excluding hydrogens is 174 g/mol. The van der Waals surface area contributed by atoms with Gasteiger partial charge in [0.15, 0.2) is 0 Å². The zero-order valence-electron chi connectivity index (χ0n) is 6.84. The monoisotopic (exact) mass is 183 g/mol. The van der Waals surface area contributed by atoms with Crippen molar-refractivity contribution >= 4 is 11.6 Å². The topological polar surface area (TPSA) is 51.8 Å². The van der Waals surface area contributed by atoms with Gasteiger partial charge in [0.25, 0.3) is 0 Å². The van der Waals surface area contributed by atoms with Crippen molar-refractivity contribution in [2.45, 2.75) is 25.8 Å². The van der Waals surface area contributed by atoms with E-state index < -0.39 is 0 Å². The minimum absolute atomic E-state index is 0.175. The number of hydrogen-bond acceptors (Lipinski definition) is 3. The van der Waals surface area contributed by atoms with E-state index >= 15 is 0 Å². The van der Waals surface area contributed by atoms with Crippen LogP contribution in [0.15, 0.2) is 0 Å². The van der Waals surface area contributed by atoms with E-state index in [1.807, 2.05) is 6.92 Å². The van der Waals surface area contributed by atoms with Crippen molar-refractivity contribution in [2.75, 3.05) is 0 Å². The average molecular weight is 184 g/mol. The molecule has 3 nitrogen and oxygen atoms in total. The lowest BCUT2D eigenvalue weighted by molar-refractivity contribution is 0.715. The number of halogens is 1. The molecule has 2 rings (SSSR count). The SMILES string of the molecule is Cc1nc(Cl)c2c(n1)CC(N)C2. The van der Waals surface area contributed by atoms with Gasteiger partial charge in [-0.25, -0.2) is 9.97 Å². The van der Waals surface area contributed by atoms with E-state index in [4.69, 9.17) is 17.3 Å². The maximum atomic E-state index is 5.93. The molecule has 12 heavy (non-hydrogen) atoms. The summed E-state index contributed by atoms with van der Waals surface area (Å²) in [5.41, 5.74) is 7.84. The summed E-state index contributed by atoms with van der Waals surface area (Å²) < 4.78 is 0. The van der Waals surface area contributed by atoms with E-state index in [0.717, 1.165) is 29.9 Å². The summed E-state index contributed by atoms with van der Waals surface area (Å²) in [6.07, 6.45) is 1.65. The van der Waals surface area contributed by atoms with Crippen molar-refractivity contribution in [3.05, 3.63) is 22.2 Å². The molecule has 0 saturated carbocycles. The third-order valence-electron chi connectivity index (χ3n) is 2.08. The average Bonchev–Trinajstić information content (AvgIpc) is 2.29. The normalized spacial score (nSPS) is 21.1. The number of nitrogens with zero attached hydrogens (tertiary/aromatic N) is 2. The first-order valence-corrected chi connectivity index (χ1v) is 4.32. The second-order valence-corrected chi connectivity index (χ2v) is 3.51. The summed E-state index contributed by atoms with van der Waals surface area (Å²) in [6.45, 7) is 1.84. The lowest BCUT2D eigenvalue weighted by atomic mass is 10.2. The molecule has 1 aromatic heterocycles. The molecule has 0 fully saturated rings. The molecule has 0 spiro atoms. The Morgan fingerprint density at radius 2 is 2.17 bits per heavy atom. The highest BCUT2D eigenvalue weighted by molar-refractivity contribution is 6.30. The largest absolute Gasteiger partial charge is 0.327 e. The first kappa shape index (κ1) is 7.95. The van der Waals surface area contributed by atoms with E-state index in [0.29, 0.717) is 5.15 Å². The van der Waals surface area contributed by atoms with E-state index in [1.54, 1.807) is 0 Å². The van der Waals surface area contributed by atoms with E-state index in [-0.39, 0.29) is 6.04 Å². The Bertz CT molecular complexity index is 324. The molecule has 0 aromatic carbocycles. The van der Waals surface area contributed by atoms with Crippen LogP contribution in [0.2, 0.25) is 5.15 Å². The smallest absolute Gasteiger partial charge is 0.136 e.